The lowest BCUT2D eigenvalue weighted by atomic mass is 9.92. The highest BCUT2D eigenvalue weighted by Crippen LogP contribution is 2.24. The summed E-state index contributed by atoms with van der Waals surface area (Å²) in [4.78, 5) is 6.55. The lowest BCUT2D eigenvalue weighted by Crippen LogP contribution is -2.37. The van der Waals surface area contributed by atoms with Crippen molar-refractivity contribution in [2.45, 2.75) is 25.9 Å². The van der Waals surface area contributed by atoms with Crippen molar-refractivity contribution in [3.8, 4) is 0 Å². The van der Waals surface area contributed by atoms with Crippen LogP contribution in [0.4, 0.5) is 5.82 Å². The molecule has 2 heterocycles. The van der Waals surface area contributed by atoms with E-state index in [1.165, 1.54) is 0 Å². The number of aliphatic hydroxyl groups excluding tert-OH is 1. The average molecular weight is 241 g/mol. The molecule has 1 fully saturated rings. The summed E-state index contributed by atoms with van der Waals surface area (Å²) in [5, 5.41) is 10.2. The minimum Gasteiger partial charge on any atom is -0.393 e. The molecule has 1 aliphatic rings. The molecule has 1 aromatic rings. The van der Waals surface area contributed by atoms with Crippen molar-refractivity contribution in [3.63, 3.8) is 0 Å². The predicted octanol–water partition coefficient (Wildman–Crippen LogP) is 2.33. The summed E-state index contributed by atoms with van der Waals surface area (Å²) in [6.45, 7) is 3.80. The van der Waals surface area contributed by atoms with Crippen LogP contribution in [0, 0.1) is 5.92 Å². The van der Waals surface area contributed by atoms with Gasteiger partial charge in [0, 0.05) is 19.3 Å². The third kappa shape index (κ3) is 2.66. The second-order valence-corrected chi connectivity index (χ2v) is 4.84. The van der Waals surface area contributed by atoms with Crippen LogP contribution in [0.1, 0.15) is 19.8 Å². The SMILES string of the molecule is CC(O)C1CCN(c2ccc(Cl)cn2)CC1. The first-order chi connectivity index (χ1) is 7.66. The molecule has 0 aromatic carbocycles. The second-order valence-electron chi connectivity index (χ2n) is 4.40. The zero-order valence-corrected chi connectivity index (χ0v) is 10.2. The Morgan fingerprint density at radius 3 is 2.62 bits per heavy atom. The van der Waals surface area contributed by atoms with Crippen LogP contribution < -0.4 is 4.90 Å². The second kappa shape index (κ2) is 5.02. The van der Waals surface area contributed by atoms with Gasteiger partial charge in [0.2, 0.25) is 0 Å². The number of hydrogen-bond donors (Lipinski definition) is 1. The fraction of sp³-hybridized carbons (Fsp3) is 0.583. The van der Waals surface area contributed by atoms with Crippen molar-refractivity contribution >= 4 is 17.4 Å². The van der Waals surface area contributed by atoms with E-state index in [-0.39, 0.29) is 6.10 Å². The molecule has 1 saturated heterocycles. The van der Waals surface area contributed by atoms with Crippen molar-refractivity contribution < 1.29 is 5.11 Å². The number of pyridine rings is 1. The first-order valence-corrected chi connectivity index (χ1v) is 6.09. The van der Waals surface area contributed by atoms with Crippen molar-refractivity contribution in [3.05, 3.63) is 23.4 Å². The maximum atomic E-state index is 9.52. The summed E-state index contributed by atoms with van der Waals surface area (Å²) in [5.74, 6) is 1.41. The minimum atomic E-state index is -0.194. The number of rotatable bonds is 2. The zero-order valence-electron chi connectivity index (χ0n) is 9.43. The Labute approximate surface area is 101 Å². The maximum absolute atomic E-state index is 9.52. The van der Waals surface area contributed by atoms with Gasteiger partial charge in [0.1, 0.15) is 5.82 Å². The molecule has 1 atom stereocenters. The number of anilines is 1. The third-order valence-electron chi connectivity index (χ3n) is 3.26. The highest BCUT2D eigenvalue weighted by Gasteiger charge is 2.23. The first kappa shape index (κ1) is 11.7. The van der Waals surface area contributed by atoms with E-state index >= 15 is 0 Å². The van der Waals surface area contributed by atoms with Crippen LogP contribution >= 0.6 is 11.6 Å². The number of hydrogen-bond acceptors (Lipinski definition) is 3. The lowest BCUT2D eigenvalue weighted by Gasteiger charge is -2.33. The van der Waals surface area contributed by atoms with E-state index in [9.17, 15) is 5.11 Å². The van der Waals surface area contributed by atoms with E-state index in [1.807, 2.05) is 19.1 Å². The number of halogens is 1. The van der Waals surface area contributed by atoms with Crippen LogP contribution in [0.3, 0.4) is 0 Å². The molecular formula is C12H17ClN2O. The van der Waals surface area contributed by atoms with Gasteiger partial charge in [-0.2, -0.15) is 0 Å². The summed E-state index contributed by atoms with van der Waals surface area (Å²) in [5.41, 5.74) is 0. The summed E-state index contributed by atoms with van der Waals surface area (Å²) in [6, 6.07) is 3.82. The summed E-state index contributed by atoms with van der Waals surface area (Å²) < 4.78 is 0. The number of piperidine rings is 1. The van der Waals surface area contributed by atoms with Gasteiger partial charge in [-0.3, -0.25) is 0 Å². The molecule has 0 radical (unpaired) electrons. The molecule has 3 nitrogen and oxygen atoms in total. The van der Waals surface area contributed by atoms with E-state index < -0.39 is 0 Å². The van der Waals surface area contributed by atoms with Crippen LogP contribution in [0.25, 0.3) is 0 Å². The Hall–Kier alpha value is -0.800. The Morgan fingerprint density at radius 2 is 2.12 bits per heavy atom. The summed E-state index contributed by atoms with van der Waals surface area (Å²) in [6.07, 6.45) is 3.54. The fourth-order valence-corrected chi connectivity index (χ4v) is 2.28. The van der Waals surface area contributed by atoms with Crippen LogP contribution in [-0.2, 0) is 0 Å². The quantitative estimate of drug-likeness (QED) is 0.862. The molecule has 0 amide bonds. The van der Waals surface area contributed by atoms with Crippen LogP contribution in [0.2, 0.25) is 5.02 Å². The molecule has 0 spiro atoms. The van der Waals surface area contributed by atoms with E-state index in [0.29, 0.717) is 10.9 Å². The van der Waals surface area contributed by atoms with Crippen molar-refractivity contribution in [2.24, 2.45) is 5.92 Å². The van der Waals surface area contributed by atoms with Crippen LogP contribution in [-0.4, -0.2) is 29.3 Å². The lowest BCUT2D eigenvalue weighted by molar-refractivity contribution is 0.110. The standard InChI is InChI=1S/C12H17ClN2O/c1-9(16)10-4-6-15(7-5-10)12-3-2-11(13)8-14-12/h2-3,8-10,16H,4-7H2,1H3. The maximum Gasteiger partial charge on any atom is 0.128 e. The highest BCUT2D eigenvalue weighted by molar-refractivity contribution is 6.30. The van der Waals surface area contributed by atoms with Crippen molar-refractivity contribution in [2.75, 3.05) is 18.0 Å². The zero-order chi connectivity index (χ0) is 11.5. The average Bonchev–Trinajstić information content (AvgIpc) is 2.30. The Morgan fingerprint density at radius 1 is 1.44 bits per heavy atom. The molecule has 1 aliphatic heterocycles. The van der Waals surface area contributed by atoms with Gasteiger partial charge in [-0.15, -0.1) is 0 Å². The number of nitrogens with zero attached hydrogens (tertiary/aromatic N) is 2. The smallest absolute Gasteiger partial charge is 0.128 e. The summed E-state index contributed by atoms with van der Waals surface area (Å²) in [7, 11) is 0. The topological polar surface area (TPSA) is 36.4 Å². The largest absolute Gasteiger partial charge is 0.393 e. The fourth-order valence-electron chi connectivity index (χ4n) is 2.17. The molecule has 4 heteroatoms. The van der Waals surface area contributed by atoms with Crippen LogP contribution in [0.5, 0.6) is 0 Å². The van der Waals surface area contributed by atoms with Gasteiger partial charge in [-0.1, -0.05) is 11.6 Å². The van der Waals surface area contributed by atoms with Gasteiger partial charge in [0.25, 0.3) is 0 Å². The van der Waals surface area contributed by atoms with Gasteiger partial charge in [-0.05, 0) is 37.8 Å². The van der Waals surface area contributed by atoms with E-state index in [4.69, 9.17) is 11.6 Å². The molecule has 1 unspecified atom stereocenters. The third-order valence-corrected chi connectivity index (χ3v) is 3.48. The number of aromatic nitrogens is 1. The molecule has 0 aliphatic carbocycles. The molecule has 88 valence electrons. The van der Waals surface area contributed by atoms with E-state index in [2.05, 4.69) is 9.88 Å². The van der Waals surface area contributed by atoms with E-state index in [0.717, 1.165) is 31.7 Å². The van der Waals surface area contributed by atoms with Crippen molar-refractivity contribution in [1.82, 2.24) is 4.98 Å². The Balaban J connectivity index is 1.96. The highest BCUT2D eigenvalue weighted by atomic mass is 35.5. The van der Waals surface area contributed by atoms with E-state index in [1.54, 1.807) is 6.20 Å². The molecule has 0 saturated carbocycles. The predicted molar refractivity (Wildman–Crippen MR) is 65.9 cm³/mol. The van der Waals surface area contributed by atoms with Gasteiger partial charge in [-0.25, -0.2) is 4.98 Å². The number of aliphatic hydroxyl groups is 1. The van der Waals surface area contributed by atoms with Crippen molar-refractivity contribution in [1.29, 1.82) is 0 Å². The molecule has 0 bridgehead atoms. The molecule has 1 N–H and O–H groups in total. The van der Waals surface area contributed by atoms with Gasteiger partial charge in [0.05, 0.1) is 11.1 Å². The Bertz CT molecular complexity index is 331. The molecule has 1 aromatic heterocycles. The van der Waals surface area contributed by atoms with Gasteiger partial charge >= 0.3 is 0 Å². The normalized spacial score (nSPS) is 19.8. The van der Waals surface area contributed by atoms with Crippen LogP contribution in [0.15, 0.2) is 18.3 Å². The first-order valence-electron chi connectivity index (χ1n) is 5.71. The Kier molecular flexibility index (Phi) is 3.66. The molecule has 16 heavy (non-hydrogen) atoms. The van der Waals surface area contributed by atoms with Gasteiger partial charge < -0.3 is 10.0 Å². The molecule has 2 rings (SSSR count). The van der Waals surface area contributed by atoms with Gasteiger partial charge in [0.15, 0.2) is 0 Å². The monoisotopic (exact) mass is 240 g/mol. The summed E-state index contributed by atoms with van der Waals surface area (Å²) >= 11 is 5.80. The minimum absolute atomic E-state index is 0.194. The molecular weight excluding hydrogens is 224 g/mol.